The van der Waals surface area contributed by atoms with Gasteiger partial charge < -0.3 is 0 Å². The minimum Gasteiger partial charge on any atom is -0.290 e. The highest BCUT2D eigenvalue weighted by Crippen LogP contribution is 2.41. The van der Waals surface area contributed by atoms with E-state index in [2.05, 4.69) is 26.8 Å². The van der Waals surface area contributed by atoms with Crippen LogP contribution in [0.25, 0.3) is 0 Å². The summed E-state index contributed by atoms with van der Waals surface area (Å²) in [5, 5.41) is 0. The molecule has 0 spiro atoms. The lowest BCUT2D eigenvalue weighted by Gasteiger charge is -2.32. The quantitative estimate of drug-likeness (QED) is 0.653. The van der Waals surface area contributed by atoms with Gasteiger partial charge in [-0.15, -0.1) is 0 Å². The van der Waals surface area contributed by atoms with Crippen molar-refractivity contribution >= 4 is 5.78 Å². The predicted molar refractivity (Wildman–Crippen MR) is 67.2 cm³/mol. The van der Waals surface area contributed by atoms with Gasteiger partial charge in [-0.1, -0.05) is 25.5 Å². The minimum atomic E-state index is 0.0767. The van der Waals surface area contributed by atoms with E-state index in [1.807, 2.05) is 6.08 Å². The summed E-state index contributed by atoms with van der Waals surface area (Å²) < 4.78 is 0. The van der Waals surface area contributed by atoms with Crippen molar-refractivity contribution in [1.82, 2.24) is 0 Å². The number of rotatable bonds is 3. The van der Waals surface area contributed by atoms with Crippen molar-refractivity contribution in [1.29, 1.82) is 0 Å². The lowest BCUT2D eigenvalue weighted by molar-refractivity contribution is -0.112. The number of hydrogen-bond donors (Lipinski definition) is 0. The van der Waals surface area contributed by atoms with E-state index in [4.69, 9.17) is 0 Å². The molecule has 1 heteroatoms. The van der Waals surface area contributed by atoms with Crippen molar-refractivity contribution in [3.8, 4) is 0 Å². The zero-order valence-electron chi connectivity index (χ0n) is 10.7. The molecule has 0 amide bonds. The Kier molecular flexibility index (Phi) is 3.05. The average Bonchev–Trinajstić information content (AvgIpc) is 2.96. The van der Waals surface area contributed by atoms with Crippen LogP contribution in [0.15, 0.2) is 23.3 Å². The van der Waals surface area contributed by atoms with E-state index in [1.165, 1.54) is 24.8 Å². The summed E-state index contributed by atoms with van der Waals surface area (Å²) in [6.45, 7) is 6.53. The number of carbonyl (C=O) groups excluding carboxylic acids is 1. The lowest BCUT2D eigenvalue weighted by atomic mass is 9.71. The Morgan fingerprint density at radius 1 is 1.38 bits per heavy atom. The predicted octanol–water partition coefficient (Wildman–Crippen LogP) is 4.05. The van der Waals surface area contributed by atoms with E-state index in [-0.39, 0.29) is 11.2 Å². The van der Waals surface area contributed by atoms with Crippen LogP contribution in [0.3, 0.4) is 0 Å². The molecule has 0 N–H and O–H groups in total. The molecule has 0 radical (unpaired) electrons. The van der Waals surface area contributed by atoms with Crippen molar-refractivity contribution in [2.75, 3.05) is 0 Å². The fourth-order valence-corrected chi connectivity index (χ4v) is 2.76. The standard InChI is InChI=1S/C15H22O/c1-11-5-4-10-15(2,3)14(11)13(16)9-8-12-6-7-12/h8-9,12H,4-7,10H2,1-3H3. The van der Waals surface area contributed by atoms with E-state index in [9.17, 15) is 4.79 Å². The van der Waals surface area contributed by atoms with Crippen LogP contribution >= 0.6 is 0 Å². The Morgan fingerprint density at radius 3 is 2.62 bits per heavy atom. The van der Waals surface area contributed by atoms with Gasteiger partial charge in [0.05, 0.1) is 0 Å². The number of ketones is 1. The number of allylic oxidation sites excluding steroid dienone is 4. The van der Waals surface area contributed by atoms with Crippen LogP contribution in [0.2, 0.25) is 0 Å². The summed E-state index contributed by atoms with van der Waals surface area (Å²) in [5.41, 5.74) is 2.46. The van der Waals surface area contributed by atoms with Gasteiger partial charge in [0.15, 0.2) is 5.78 Å². The Hall–Kier alpha value is -0.850. The van der Waals surface area contributed by atoms with Crippen LogP contribution in [-0.4, -0.2) is 5.78 Å². The maximum Gasteiger partial charge on any atom is 0.181 e. The van der Waals surface area contributed by atoms with E-state index in [0.717, 1.165) is 18.4 Å². The van der Waals surface area contributed by atoms with E-state index >= 15 is 0 Å². The first kappa shape index (κ1) is 11.6. The van der Waals surface area contributed by atoms with Crippen molar-refractivity contribution in [3.63, 3.8) is 0 Å². The van der Waals surface area contributed by atoms with Crippen molar-refractivity contribution in [3.05, 3.63) is 23.3 Å². The van der Waals surface area contributed by atoms with Gasteiger partial charge in [0.2, 0.25) is 0 Å². The first-order chi connectivity index (χ1) is 7.50. The van der Waals surface area contributed by atoms with Gasteiger partial charge in [-0.2, -0.15) is 0 Å². The topological polar surface area (TPSA) is 17.1 Å². The van der Waals surface area contributed by atoms with E-state index in [0.29, 0.717) is 5.92 Å². The molecule has 16 heavy (non-hydrogen) atoms. The summed E-state index contributed by atoms with van der Waals surface area (Å²) in [6.07, 6.45) is 9.93. The normalized spacial score (nSPS) is 25.2. The molecule has 88 valence electrons. The molecule has 0 heterocycles. The molecule has 2 aliphatic rings. The fourth-order valence-electron chi connectivity index (χ4n) is 2.76. The second-order valence-electron chi connectivity index (χ2n) is 5.95. The number of hydrogen-bond acceptors (Lipinski definition) is 1. The first-order valence-electron chi connectivity index (χ1n) is 6.43. The molecule has 0 aromatic heterocycles. The summed E-state index contributed by atoms with van der Waals surface area (Å²) in [4.78, 5) is 12.2. The molecule has 1 nitrogen and oxygen atoms in total. The van der Waals surface area contributed by atoms with Crippen LogP contribution in [-0.2, 0) is 4.79 Å². The van der Waals surface area contributed by atoms with E-state index in [1.54, 1.807) is 0 Å². The maximum atomic E-state index is 12.2. The lowest BCUT2D eigenvalue weighted by Crippen LogP contribution is -2.25. The van der Waals surface area contributed by atoms with Gasteiger partial charge in [-0.05, 0) is 56.4 Å². The third kappa shape index (κ3) is 2.45. The monoisotopic (exact) mass is 218 g/mol. The average molecular weight is 218 g/mol. The largest absolute Gasteiger partial charge is 0.290 e. The van der Waals surface area contributed by atoms with Gasteiger partial charge in [0.25, 0.3) is 0 Å². The van der Waals surface area contributed by atoms with Crippen molar-refractivity contribution in [2.24, 2.45) is 11.3 Å². The molecule has 2 aliphatic carbocycles. The first-order valence-corrected chi connectivity index (χ1v) is 6.43. The Balaban J connectivity index is 2.18. The summed E-state index contributed by atoms with van der Waals surface area (Å²) in [7, 11) is 0. The van der Waals surface area contributed by atoms with Crippen LogP contribution in [0.1, 0.15) is 52.9 Å². The van der Waals surface area contributed by atoms with Crippen molar-refractivity contribution in [2.45, 2.75) is 52.9 Å². The minimum absolute atomic E-state index is 0.0767. The molecule has 1 saturated carbocycles. The smallest absolute Gasteiger partial charge is 0.181 e. The van der Waals surface area contributed by atoms with Crippen LogP contribution in [0.5, 0.6) is 0 Å². The van der Waals surface area contributed by atoms with Gasteiger partial charge in [0.1, 0.15) is 0 Å². The maximum absolute atomic E-state index is 12.2. The molecule has 0 aliphatic heterocycles. The van der Waals surface area contributed by atoms with E-state index < -0.39 is 0 Å². The molecule has 2 rings (SSSR count). The molecular formula is C15H22O. The molecular weight excluding hydrogens is 196 g/mol. The number of carbonyl (C=O) groups is 1. The third-order valence-electron chi connectivity index (χ3n) is 3.85. The highest BCUT2D eigenvalue weighted by Gasteiger charge is 2.32. The summed E-state index contributed by atoms with van der Waals surface area (Å²) >= 11 is 0. The summed E-state index contributed by atoms with van der Waals surface area (Å²) in [5.74, 6) is 0.950. The Morgan fingerprint density at radius 2 is 2.06 bits per heavy atom. The van der Waals surface area contributed by atoms with Crippen molar-refractivity contribution < 1.29 is 4.79 Å². The van der Waals surface area contributed by atoms with Crippen LogP contribution < -0.4 is 0 Å². The zero-order chi connectivity index (χ0) is 11.8. The molecule has 0 saturated heterocycles. The zero-order valence-corrected chi connectivity index (χ0v) is 10.7. The second kappa shape index (κ2) is 4.20. The highest BCUT2D eigenvalue weighted by molar-refractivity contribution is 6.05. The van der Waals surface area contributed by atoms with Gasteiger partial charge >= 0.3 is 0 Å². The summed E-state index contributed by atoms with van der Waals surface area (Å²) in [6, 6.07) is 0. The fraction of sp³-hybridized carbons (Fsp3) is 0.667. The van der Waals surface area contributed by atoms with Gasteiger partial charge in [0, 0.05) is 5.57 Å². The molecule has 0 atom stereocenters. The molecule has 0 aromatic carbocycles. The molecule has 0 unspecified atom stereocenters. The molecule has 0 aromatic rings. The second-order valence-corrected chi connectivity index (χ2v) is 5.95. The highest BCUT2D eigenvalue weighted by atomic mass is 16.1. The molecule has 0 bridgehead atoms. The Bertz CT molecular complexity index is 354. The Labute approximate surface area is 98.6 Å². The molecule has 1 fully saturated rings. The van der Waals surface area contributed by atoms with Crippen LogP contribution in [0.4, 0.5) is 0 Å². The van der Waals surface area contributed by atoms with Crippen LogP contribution in [0, 0.1) is 11.3 Å². The van der Waals surface area contributed by atoms with Gasteiger partial charge in [-0.25, -0.2) is 0 Å². The third-order valence-corrected chi connectivity index (χ3v) is 3.85. The van der Waals surface area contributed by atoms with Gasteiger partial charge in [-0.3, -0.25) is 4.79 Å². The SMILES string of the molecule is CC1=C(C(=O)C=CC2CC2)C(C)(C)CCC1.